The van der Waals surface area contributed by atoms with Crippen LogP contribution in [0.1, 0.15) is 29.4 Å². The first-order chi connectivity index (χ1) is 7.72. The number of carbonyl (C=O) groups is 1. The largest absolute Gasteiger partial charge is 0.396 e. The number of thioether (sulfide) groups is 1. The van der Waals surface area contributed by atoms with Gasteiger partial charge in [-0.25, -0.2) is 0 Å². The standard InChI is InChI=1S/C11H17NO2S2/c1-3-8(4-6-13)12-11(14)10-9(15-2)5-7-16-10/h5,7-8,13H,3-4,6H2,1-2H3,(H,12,14). The number of aliphatic hydroxyl groups is 1. The van der Waals surface area contributed by atoms with Gasteiger partial charge in [0.15, 0.2) is 0 Å². The highest BCUT2D eigenvalue weighted by Crippen LogP contribution is 2.25. The molecule has 2 N–H and O–H groups in total. The molecule has 0 saturated carbocycles. The van der Waals surface area contributed by atoms with Crippen molar-refractivity contribution in [2.75, 3.05) is 12.9 Å². The molecule has 1 unspecified atom stereocenters. The van der Waals surface area contributed by atoms with Gasteiger partial charge in [-0.05, 0) is 30.5 Å². The molecule has 1 atom stereocenters. The van der Waals surface area contributed by atoms with Crippen LogP contribution in [0.15, 0.2) is 16.3 Å². The first-order valence-corrected chi connectivity index (χ1v) is 7.36. The lowest BCUT2D eigenvalue weighted by Crippen LogP contribution is -2.34. The molecule has 0 aromatic carbocycles. The fourth-order valence-electron chi connectivity index (χ4n) is 1.41. The van der Waals surface area contributed by atoms with Crippen LogP contribution in [0.25, 0.3) is 0 Å². The molecule has 3 nitrogen and oxygen atoms in total. The summed E-state index contributed by atoms with van der Waals surface area (Å²) in [4.78, 5) is 13.7. The van der Waals surface area contributed by atoms with E-state index in [2.05, 4.69) is 5.32 Å². The fourth-order valence-corrected chi connectivity index (χ4v) is 3.06. The Kier molecular flexibility index (Phi) is 5.87. The Hall–Kier alpha value is -0.520. The van der Waals surface area contributed by atoms with Gasteiger partial charge in [0.1, 0.15) is 4.88 Å². The van der Waals surface area contributed by atoms with Crippen LogP contribution >= 0.6 is 23.1 Å². The van der Waals surface area contributed by atoms with Crippen molar-refractivity contribution in [2.45, 2.75) is 30.7 Å². The maximum absolute atomic E-state index is 11.9. The minimum absolute atomic E-state index is 0.0281. The average molecular weight is 259 g/mol. The zero-order chi connectivity index (χ0) is 12.0. The molecule has 0 spiro atoms. The van der Waals surface area contributed by atoms with E-state index in [1.54, 1.807) is 11.8 Å². The number of hydrogen-bond acceptors (Lipinski definition) is 4. The molecule has 1 heterocycles. The lowest BCUT2D eigenvalue weighted by atomic mass is 10.1. The SMILES string of the molecule is CCC(CCO)NC(=O)c1sccc1SC. The quantitative estimate of drug-likeness (QED) is 0.771. The van der Waals surface area contributed by atoms with E-state index in [1.165, 1.54) is 11.3 Å². The Balaban J connectivity index is 2.64. The minimum Gasteiger partial charge on any atom is -0.396 e. The Bertz CT molecular complexity index is 338. The summed E-state index contributed by atoms with van der Waals surface area (Å²) in [5, 5.41) is 13.7. The van der Waals surface area contributed by atoms with Crippen LogP contribution in [0, 0.1) is 0 Å². The van der Waals surface area contributed by atoms with Crippen LogP contribution in [0.4, 0.5) is 0 Å². The highest BCUT2D eigenvalue weighted by atomic mass is 32.2. The van der Waals surface area contributed by atoms with Crippen LogP contribution < -0.4 is 5.32 Å². The van der Waals surface area contributed by atoms with Crippen LogP contribution in [0.3, 0.4) is 0 Å². The number of rotatable bonds is 6. The third kappa shape index (κ3) is 3.50. The number of hydrogen-bond donors (Lipinski definition) is 2. The smallest absolute Gasteiger partial charge is 0.262 e. The fraction of sp³-hybridized carbons (Fsp3) is 0.545. The summed E-state index contributed by atoms with van der Waals surface area (Å²) in [5.41, 5.74) is 0. The third-order valence-electron chi connectivity index (χ3n) is 2.36. The first kappa shape index (κ1) is 13.5. The zero-order valence-electron chi connectivity index (χ0n) is 9.53. The van der Waals surface area contributed by atoms with Gasteiger partial charge in [0, 0.05) is 17.5 Å². The Morgan fingerprint density at radius 1 is 1.69 bits per heavy atom. The second kappa shape index (κ2) is 6.93. The maximum Gasteiger partial charge on any atom is 0.262 e. The van der Waals surface area contributed by atoms with Crippen molar-refractivity contribution in [3.8, 4) is 0 Å². The number of aliphatic hydroxyl groups excluding tert-OH is 1. The molecule has 0 fully saturated rings. The van der Waals surface area contributed by atoms with Crippen molar-refractivity contribution >= 4 is 29.0 Å². The predicted octanol–water partition coefficient (Wildman–Crippen LogP) is 2.36. The molecule has 0 bridgehead atoms. The lowest BCUT2D eigenvalue weighted by molar-refractivity contribution is 0.0930. The molecule has 0 radical (unpaired) electrons. The minimum atomic E-state index is -0.0281. The summed E-state index contributed by atoms with van der Waals surface area (Å²) in [6.45, 7) is 2.11. The molecule has 1 aromatic rings. The van der Waals surface area contributed by atoms with E-state index in [4.69, 9.17) is 5.11 Å². The van der Waals surface area contributed by atoms with Crippen molar-refractivity contribution < 1.29 is 9.90 Å². The highest BCUT2D eigenvalue weighted by Gasteiger charge is 2.15. The Morgan fingerprint density at radius 2 is 2.44 bits per heavy atom. The second-order valence-electron chi connectivity index (χ2n) is 3.41. The van der Waals surface area contributed by atoms with E-state index >= 15 is 0 Å². The monoisotopic (exact) mass is 259 g/mol. The van der Waals surface area contributed by atoms with Gasteiger partial charge in [-0.1, -0.05) is 6.92 Å². The van der Waals surface area contributed by atoms with Gasteiger partial charge in [0.05, 0.1) is 0 Å². The average Bonchev–Trinajstić information content (AvgIpc) is 2.76. The number of nitrogens with one attached hydrogen (secondary N) is 1. The van der Waals surface area contributed by atoms with Gasteiger partial charge < -0.3 is 10.4 Å². The zero-order valence-corrected chi connectivity index (χ0v) is 11.2. The molecule has 1 rings (SSSR count). The van der Waals surface area contributed by atoms with Gasteiger partial charge in [-0.3, -0.25) is 4.79 Å². The molecule has 5 heteroatoms. The van der Waals surface area contributed by atoms with Crippen LogP contribution in [-0.2, 0) is 0 Å². The van der Waals surface area contributed by atoms with Crippen molar-refractivity contribution in [1.82, 2.24) is 5.32 Å². The van der Waals surface area contributed by atoms with Crippen molar-refractivity contribution in [3.63, 3.8) is 0 Å². The number of carbonyl (C=O) groups excluding carboxylic acids is 1. The van der Waals surface area contributed by atoms with Gasteiger partial charge in [-0.2, -0.15) is 0 Å². The van der Waals surface area contributed by atoms with Crippen molar-refractivity contribution in [1.29, 1.82) is 0 Å². The first-order valence-electron chi connectivity index (χ1n) is 5.26. The molecule has 0 saturated heterocycles. The molecule has 1 aromatic heterocycles. The lowest BCUT2D eigenvalue weighted by Gasteiger charge is -2.15. The van der Waals surface area contributed by atoms with E-state index in [1.807, 2.05) is 24.6 Å². The maximum atomic E-state index is 11.9. The summed E-state index contributed by atoms with van der Waals surface area (Å²) in [6, 6.07) is 2.02. The molecule has 0 aliphatic carbocycles. The van der Waals surface area contributed by atoms with Crippen LogP contribution in [0.5, 0.6) is 0 Å². The van der Waals surface area contributed by atoms with E-state index in [0.29, 0.717) is 6.42 Å². The van der Waals surface area contributed by atoms with E-state index in [0.717, 1.165) is 16.2 Å². The highest BCUT2D eigenvalue weighted by molar-refractivity contribution is 7.98. The molecule has 0 aliphatic heterocycles. The summed E-state index contributed by atoms with van der Waals surface area (Å²) in [6.07, 6.45) is 3.42. The van der Waals surface area contributed by atoms with Crippen molar-refractivity contribution in [2.24, 2.45) is 0 Å². The van der Waals surface area contributed by atoms with E-state index in [9.17, 15) is 4.79 Å². The van der Waals surface area contributed by atoms with Crippen LogP contribution in [0.2, 0.25) is 0 Å². The van der Waals surface area contributed by atoms with E-state index < -0.39 is 0 Å². The van der Waals surface area contributed by atoms with Crippen LogP contribution in [-0.4, -0.2) is 29.9 Å². The molecule has 90 valence electrons. The van der Waals surface area contributed by atoms with Gasteiger partial charge in [0.25, 0.3) is 5.91 Å². The summed E-state index contributed by atoms with van der Waals surface area (Å²) >= 11 is 3.04. The second-order valence-corrected chi connectivity index (χ2v) is 5.17. The molecule has 1 amide bonds. The summed E-state index contributed by atoms with van der Waals surface area (Å²) in [7, 11) is 0. The van der Waals surface area contributed by atoms with Gasteiger partial charge in [-0.15, -0.1) is 23.1 Å². The predicted molar refractivity (Wildman–Crippen MR) is 69.3 cm³/mol. The van der Waals surface area contributed by atoms with Gasteiger partial charge in [0.2, 0.25) is 0 Å². The van der Waals surface area contributed by atoms with Crippen molar-refractivity contribution in [3.05, 3.63) is 16.3 Å². The van der Waals surface area contributed by atoms with E-state index in [-0.39, 0.29) is 18.6 Å². The van der Waals surface area contributed by atoms with Gasteiger partial charge >= 0.3 is 0 Å². The number of amides is 1. The molecule has 0 aliphatic rings. The Morgan fingerprint density at radius 3 is 3.00 bits per heavy atom. The molecular formula is C11H17NO2S2. The Labute approximate surface area is 104 Å². The topological polar surface area (TPSA) is 49.3 Å². The normalized spacial score (nSPS) is 12.4. The summed E-state index contributed by atoms with van der Waals surface area (Å²) < 4.78 is 0. The number of thiophene rings is 1. The third-order valence-corrected chi connectivity index (χ3v) is 4.18. The molecule has 16 heavy (non-hydrogen) atoms. The summed E-state index contributed by atoms with van der Waals surface area (Å²) in [5.74, 6) is -0.0281. The molecular weight excluding hydrogens is 242 g/mol.